The van der Waals surface area contributed by atoms with Gasteiger partial charge in [-0.3, -0.25) is 0 Å². The van der Waals surface area contributed by atoms with Crippen molar-refractivity contribution in [2.24, 2.45) is 0 Å². The number of aromatic nitrogens is 4. The number of rotatable bonds is 7. The van der Waals surface area contributed by atoms with Gasteiger partial charge in [0, 0.05) is 40.7 Å². The van der Waals surface area contributed by atoms with Crippen molar-refractivity contribution >= 4 is 46.6 Å². The fraction of sp³-hybridized carbons (Fsp3) is 0. The summed E-state index contributed by atoms with van der Waals surface area (Å²) in [6.07, 6.45) is 6.06. The number of carboxylic acids is 1. The maximum Gasteiger partial charge on any atom is 0.328 e. The number of carboxylic acid groups (broad SMARTS) is 1. The molecule has 0 aliphatic heterocycles. The smallest absolute Gasteiger partial charge is 0.328 e. The van der Waals surface area contributed by atoms with Crippen molar-refractivity contribution in [3.05, 3.63) is 100 Å². The van der Waals surface area contributed by atoms with Gasteiger partial charge in [-0.05, 0) is 59.0 Å². The Morgan fingerprint density at radius 3 is 2.81 bits per heavy atom. The Hall–Kier alpha value is -4.34. The first-order valence-electron chi connectivity index (χ1n) is 10.7. The molecule has 2 aromatic carbocycles. The number of carbonyl (C=O) groups is 1. The van der Waals surface area contributed by atoms with Gasteiger partial charge in [0.2, 0.25) is 5.95 Å². The number of nitrogens with zero attached hydrogens (tertiary/aromatic N) is 4. The summed E-state index contributed by atoms with van der Waals surface area (Å²) in [5.41, 5.74) is 4.49. The fourth-order valence-corrected chi connectivity index (χ4v) is 4.33. The summed E-state index contributed by atoms with van der Waals surface area (Å²) in [7, 11) is 0. The highest BCUT2D eigenvalue weighted by Crippen LogP contribution is 2.29. The second kappa shape index (κ2) is 10.1. The molecule has 3 aromatic heterocycles. The molecule has 0 spiro atoms. The van der Waals surface area contributed by atoms with Gasteiger partial charge in [-0.15, -0.1) is 0 Å². The van der Waals surface area contributed by atoms with Crippen LogP contribution in [-0.4, -0.2) is 30.8 Å². The lowest BCUT2D eigenvalue weighted by molar-refractivity contribution is -0.131. The predicted octanol–water partition coefficient (Wildman–Crippen LogP) is 6.69. The third-order valence-corrected chi connectivity index (χ3v) is 6.16. The molecule has 0 saturated heterocycles. The molecule has 5 rings (SSSR count). The highest BCUT2D eigenvalue weighted by Gasteiger charge is 2.15. The average Bonchev–Trinajstić information content (AvgIpc) is 3.58. The molecule has 0 aliphatic carbocycles. The Morgan fingerprint density at radius 1 is 1.14 bits per heavy atom. The first-order valence-corrected chi connectivity index (χ1v) is 12.0. The highest BCUT2D eigenvalue weighted by molar-refractivity contribution is 7.08. The van der Waals surface area contributed by atoms with Crippen LogP contribution in [0.3, 0.4) is 0 Å². The summed E-state index contributed by atoms with van der Waals surface area (Å²) in [6.45, 7) is 0. The van der Waals surface area contributed by atoms with Crippen LogP contribution in [0.25, 0.3) is 34.3 Å². The van der Waals surface area contributed by atoms with E-state index in [1.54, 1.807) is 34.3 Å². The SMILES string of the molecule is O=C(O)/C=C/c1cccc(-c2cnc(Nc3ccc(F)c(Cl)c3)nc2-n2ccc(-c3ccsc3)n2)c1. The molecular weight excluding hydrogens is 501 g/mol. The number of hydrogen-bond donors (Lipinski definition) is 2. The van der Waals surface area contributed by atoms with Crippen LogP contribution in [0.4, 0.5) is 16.0 Å². The molecule has 0 unspecified atom stereocenters. The average molecular weight is 518 g/mol. The van der Waals surface area contributed by atoms with Crippen LogP contribution in [0.1, 0.15) is 5.56 Å². The molecule has 0 bridgehead atoms. The maximum atomic E-state index is 13.6. The Balaban J connectivity index is 1.58. The Bertz CT molecular complexity index is 1580. The zero-order valence-corrected chi connectivity index (χ0v) is 20.0. The van der Waals surface area contributed by atoms with Crippen molar-refractivity contribution in [2.75, 3.05) is 5.32 Å². The number of halogens is 2. The Kier molecular flexibility index (Phi) is 6.57. The molecule has 7 nitrogen and oxygen atoms in total. The van der Waals surface area contributed by atoms with E-state index >= 15 is 0 Å². The van der Waals surface area contributed by atoms with Gasteiger partial charge in [-0.1, -0.05) is 29.8 Å². The van der Waals surface area contributed by atoms with E-state index in [1.165, 1.54) is 18.2 Å². The Morgan fingerprint density at radius 2 is 2.03 bits per heavy atom. The molecule has 0 aliphatic rings. The van der Waals surface area contributed by atoms with Crippen molar-refractivity contribution in [1.82, 2.24) is 19.7 Å². The zero-order chi connectivity index (χ0) is 25.1. The van der Waals surface area contributed by atoms with Gasteiger partial charge in [0.15, 0.2) is 5.82 Å². The molecule has 36 heavy (non-hydrogen) atoms. The molecule has 0 fully saturated rings. The van der Waals surface area contributed by atoms with E-state index in [1.807, 2.05) is 47.3 Å². The second-order valence-corrected chi connectivity index (χ2v) is 8.83. The predicted molar refractivity (Wildman–Crippen MR) is 139 cm³/mol. The molecule has 3 heterocycles. The summed E-state index contributed by atoms with van der Waals surface area (Å²) in [4.78, 5) is 20.1. The van der Waals surface area contributed by atoms with Crippen LogP contribution in [0, 0.1) is 5.82 Å². The monoisotopic (exact) mass is 517 g/mol. The van der Waals surface area contributed by atoms with Crippen LogP contribution in [0.5, 0.6) is 0 Å². The van der Waals surface area contributed by atoms with Crippen LogP contribution in [0.15, 0.2) is 83.8 Å². The molecule has 2 N–H and O–H groups in total. The van der Waals surface area contributed by atoms with Crippen molar-refractivity contribution in [2.45, 2.75) is 0 Å². The highest BCUT2D eigenvalue weighted by atomic mass is 35.5. The summed E-state index contributed by atoms with van der Waals surface area (Å²) >= 11 is 7.50. The van der Waals surface area contributed by atoms with Crippen molar-refractivity contribution < 1.29 is 14.3 Å². The summed E-state index contributed by atoms with van der Waals surface area (Å²) < 4.78 is 15.2. The number of hydrogen-bond acceptors (Lipinski definition) is 6. The van der Waals surface area contributed by atoms with Crippen LogP contribution < -0.4 is 5.32 Å². The minimum absolute atomic E-state index is 0.0180. The molecule has 178 valence electrons. The van der Waals surface area contributed by atoms with Crippen molar-refractivity contribution in [1.29, 1.82) is 0 Å². The van der Waals surface area contributed by atoms with Gasteiger partial charge < -0.3 is 10.4 Å². The quantitative estimate of drug-likeness (QED) is 0.234. The van der Waals surface area contributed by atoms with Crippen LogP contribution in [0.2, 0.25) is 5.02 Å². The van der Waals surface area contributed by atoms with Gasteiger partial charge >= 0.3 is 5.97 Å². The summed E-state index contributed by atoms with van der Waals surface area (Å²) in [5, 5.41) is 20.7. The van der Waals surface area contributed by atoms with E-state index in [0.29, 0.717) is 22.6 Å². The minimum Gasteiger partial charge on any atom is -0.478 e. The van der Waals surface area contributed by atoms with Gasteiger partial charge in [0.05, 0.1) is 10.7 Å². The number of aliphatic carboxylic acids is 1. The van der Waals surface area contributed by atoms with Crippen LogP contribution >= 0.6 is 22.9 Å². The number of nitrogens with one attached hydrogen (secondary N) is 1. The van der Waals surface area contributed by atoms with E-state index in [9.17, 15) is 9.18 Å². The first kappa shape index (κ1) is 23.4. The topological polar surface area (TPSA) is 92.9 Å². The maximum absolute atomic E-state index is 13.6. The van der Waals surface area contributed by atoms with E-state index < -0.39 is 11.8 Å². The largest absolute Gasteiger partial charge is 0.478 e. The number of anilines is 2. The zero-order valence-electron chi connectivity index (χ0n) is 18.5. The molecule has 0 atom stereocenters. The van der Waals surface area contributed by atoms with Gasteiger partial charge in [-0.25, -0.2) is 18.9 Å². The number of benzene rings is 2. The fourth-order valence-electron chi connectivity index (χ4n) is 3.50. The molecule has 0 radical (unpaired) electrons. The third kappa shape index (κ3) is 5.17. The van der Waals surface area contributed by atoms with Gasteiger partial charge in [0.25, 0.3) is 0 Å². The standard InChI is InChI=1S/C26H17ClFN5O2S/c27-21-13-19(5-6-22(21)28)30-26-29-14-20(17-3-1-2-16(12-17)4-7-24(34)35)25(31-26)33-10-8-23(32-33)18-9-11-36-15-18/h1-15H,(H,34,35)(H,29,30,31)/b7-4+. The Labute approximate surface area is 214 Å². The van der Waals surface area contributed by atoms with E-state index in [0.717, 1.165) is 22.9 Å². The van der Waals surface area contributed by atoms with Gasteiger partial charge in [0.1, 0.15) is 5.82 Å². The molecule has 10 heteroatoms. The van der Waals surface area contributed by atoms with E-state index in [4.69, 9.17) is 26.8 Å². The van der Waals surface area contributed by atoms with Crippen molar-refractivity contribution in [3.8, 4) is 28.2 Å². The lowest BCUT2D eigenvalue weighted by Gasteiger charge is -2.12. The lowest BCUT2D eigenvalue weighted by atomic mass is 10.0. The van der Waals surface area contributed by atoms with E-state index in [-0.39, 0.29) is 11.0 Å². The minimum atomic E-state index is -1.03. The third-order valence-electron chi connectivity index (χ3n) is 5.18. The number of thiophene rings is 1. The molecule has 0 saturated carbocycles. The summed E-state index contributed by atoms with van der Waals surface area (Å²) in [5.74, 6) is -0.778. The van der Waals surface area contributed by atoms with Gasteiger partial charge in [-0.2, -0.15) is 21.4 Å². The van der Waals surface area contributed by atoms with Crippen molar-refractivity contribution in [3.63, 3.8) is 0 Å². The lowest BCUT2D eigenvalue weighted by Crippen LogP contribution is -2.06. The molecule has 5 aromatic rings. The van der Waals surface area contributed by atoms with E-state index in [2.05, 4.69) is 10.3 Å². The normalized spacial score (nSPS) is 11.2. The molecular formula is C26H17ClFN5O2S. The second-order valence-electron chi connectivity index (χ2n) is 7.64. The summed E-state index contributed by atoms with van der Waals surface area (Å²) in [6, 6.07) is 15.5. The van der Waals surface area contributed by atoms with Crippen LogP contribution in [-0.2, 0) is 4.79 Å². The molecule has 0 amide bonds. The first-order chi connectivity index (χ1) is 17.5.